The molecule has 27 heavy (non-hydrogen) atoms. The molecule has 0 unspecified atom stereocenters. The Morgan fingerprint density at radius 3 is 2.48 bits per heavy atom. The van der Waals surface area contributed by atoms with Crippen molar-refractivity contribution < 1.29 is 23.8 Å². The summed E-state index contributed by atoms with van der Waals surface area (Å²) in [4.78, 5) is 28.1. The topological polar surface area (TPSA) is 80.3 Å². The van der Waals surface area contributed by atoms with Crippen LogP contribution in [0.5, 0.6) is 11.5 Å². The highest BCUT2D eigenvalue weighted by molar-refractivity contribution is 5.91. The van der Waals surface area contributed by atoms with Crippen molar-refractivity contribution >= 4 is 17.5 Å². The number of anilines is 1. The molecule has 1 fully saturated rings. The maximum Gasteiger partial charge on any atom is 0.226 e. The van der Waals surface area contributed by atoms with Crippen molar-refractivity contribution in [1.29, 1.82) is 0 Å². The van der Waals surface area contributed by atoms with Crippen molar-refractivity contribution in [3.8, 4) is 11.5 Å². The van der Waals surface area contributed by atoms with Gasteiger partial charge in [0.2, 0.25) is 11.8 Å². The Bertz CT molecular complexity index is 632. The Morgan fingerprint density at radius 2 is 1.85 bits per heavy atom. The highest BCUT2D eigenvalue weighted by Crippen LogP contribution is 2.29. The van der Waals surface area contributed by atoms with Gasteiger partial charge in [-0.25, -0.2) is 0 Å². The lowest BCUT2D eigenvalue weighted by Crippen LogP contribution is -2.43. The molecule has 8 heteroatoms. The molecule has 1 aliphatic heterocycles. The van der Waals surface area contributed by atoms with E-state index in [9.17, 15) is 9.59 Å². The standard InChI is InChI=1S/C19H29N3O5/c1-15(23)22(9-8-21-10-12-27-13-11-21)7-6-19(24)20-16-4-5-17(25-2)18(14-16)26-3/h4-5,14H,6-13H2,1-3H3,(H,20,24). The van der Waals surface area contributed by atoms with Gasteiger partial charge in [-0.1, -0.05) is 0 Å². The Kier molecular flexibility index (Phi) is 8.35. The van der Waals surface area contributed by atoms with Crippen molar-refractivity contribution in [2.24, 2.45) is 0 Å². The molecular formula is C19H29N3O5. The van der Waals surface area contributed by atoms with Crippen LogP contribution in [0.3, 0.4) is 0 Å². The SMILES string of the molecule is COc1ccc(NC(=O)CCN(CCN2CCOCC2)C(C)=O)cc1OC. The molecule has 1 heterocycles. The summed E-state index contributed by atoms with van der Waals surface area (Å²) in [6.07, 6.45) is 0.233. The van der Waals surface area contributed by atoms with Gasteiger partial charge in [-0.3, -0.25) is 14.5 Å². The fraction of sp³-hybridized carbons (Fsp3) is 0.579. The fourth-order valence-corrected chi connectivity index (χ4v) is 2.89. The third-order valence-corrected chi connectivity index (χ3v) is 4.51. The minimum Gasteiger partial charge on any atom is -0.493 e. The number of carbonyl (C=O) groups excluding carboxylic acids is 2. The number of nitrogens with one attached hydrogen (secondary N) is 1. The molecule has 0 aromatic heterocycles. The number of amides is 2. The van der Waals surface area contributed by atoms with Crippen LogP contribution < -0.4 is 14.8 Å². The zero-order chi connectivity index (χ0) is 19.6. The second-order valence-corrected chi connectivity index (χ2v) is 6.33. The summed E-state index contributed by atoms with van der Waals surface area (Å²) in [6.45, 7) is 6.54. The summed E-state index contributed by atoms with van der Waals surface area (Å²) >= 11 is 0. The summed E-state index contributed by atoms with van der Waals surface area (Å²) in [5, 5.41) is 2.83. The van der Waals surface area contributed by atoms with E-state index in [0.717, 1.165) is 32.8 Å². The smallest absolute Gasteiger partial charge is 0.226 e. The lowest BCUT2D eigenvalue weighted by atomic mass is 10.2. The van der Waals surface area contributed by atoms with Gasteiger partial charge >= 0.3 is 0 Å². The molecule has 8 nitrogen and oxygen atoms in total. The van der Waals surface area contributed by atoms with E-state index in [1.807, 2.05) is 0 Å². The van der Waals surface area contributed by atoms with E-state index in [1.165, 1.54) is 6.92 Å². The third kappa shape index (κ3) is 6.73. The molecule has 150 valence electrons. The first kappa shape index (κ1) is 21.0. The van der Waals surface area contributed by atoms with E-state index in [4.69, 9.17) is 14.2 Å². The highest BCUT2D eigenvalue weighted by Gasteiger charge is 2.15. The molecule has 1 aliphatic rings. The average molecular weight is 379 g/mol. The lowest BCUT2D eigenvalue weighted by molar-refractivity contribution is -0.129. The monoisotopic (exact) mass is 379 g/mol. The summed E-state index contributed by atoms with van der Waals surface area (Å²) < 4.78 is 15.7. The number of rotatable bonds is 9. The van der Waals surface area contributed by atoms with Crippen LogP contribution in [-0.4, -0.2) is 81.8 Å². The molecule has 1 N–H and O–H groups in total. The number of carbonyl (C=O) groups is 2. The number of hydrogen-bond donors (Lipinski definition) is 1. The molecule has 2 rings (SSSR count). The van der Waals surface area contributed by atoms with Gasteiger partial charge < -0.3 is 24.4 Å². The molecular weight excluding hydrogens is 350 g/mol. The molecule has 0 aliphatic carbocycles. The third-order valence-electron chi connectivity index (χ3n) is 4.51. The van der Waals surface area contributed by atoms with Gasteiger partial charge in [-0.05, 0) is 12.1 Å². The van der Waals surface area contributed by atoms with Crippen LogP contribution in [0.2, 0.25) is 0 Å². The molecule has 0 bridgehead atoms. The predicted molar refractivity (Wildman–Crippen MR) is 102 cm³/mol. The van der Waals surface area contributed by atoms with Crippen molar-refractivity contribution in [3.05, 3.63) is 18.2 Å². The van der Waals surface area contributed by atoms with Gasteiger partial charge in [0.1, 0.15) is 0 Å². The normalized spacial score (nSPS) is 14.5. The number of benzene rings is 1. The van der Waals surface area contributed by atoms with Crippen LogP contribution in [0, 0.1) is 0 Å². The van der Waals surface area contributed by atoms with Crippen LogP contribution in [0.15, 0.2) is 18.2 Å². The largest absolute Gasteiger partial charge is 0.493 e. The molecule has 1 aromatic rings. The Hall–Kier alpha value is -2.32. The van der Waals surface area contributed by atoms with E-state index >= 15 is 0 Å². The Morgan fingerprint density at radius 1 is 1.15 bits per heavy atom. The maximum atomic E-state index is 12.3. The second kappa shape index (κ2) is 10.7. The lowest BCUT2D eigenvalue weighted by Gasteiger charge is -2.29. The van der Waals surface area contributed by atoms with Gasteiger partial charge in [0.15, 0.2) is 11.5 Å². The van der Waals surface area contributed by atoms with E-state index < -0.39 is 0 Å². The quantitative estimate of drug-likeness (QED) is 0.695. The Balaban J connectivity index is 1.81. The molecule has 0 radical (unpaired) electrons. The van der Waals surface area contributed by atoms with Crippen LogP contribution >= 0.6 is 0 Å². The first-order valence-corrected chi connectivity index (χ1v) is 9.11. The predicted octanol–water partition coefficient (Wildman–Crippen LogP) is 1.21. The second-order valence-electron chi connectivity index (χ2n) is 6.33. The zero-order valence-electron chi connectivity index (χ0n) is 16.3. The zero-order valence-corrected chi connectivity index (χ0v) is 16.3. The van der Waals surface area contributed by atoms with E-state index in [0.29, 0.717) is 30.3 Å². The number of hydrogen-bond acceptors (Lipinski definition) is 6. The summed E-state index contributed by atoms with van der Waals surface area (Å²) in [7, 11) is 3.10. The minimum atomic E-state index is -0.153. The Labute approximate surface area is 160 Å². The van der Waals surface area contributed by atoms with Gasteiger partial charge in [-0.2, -0.15) is 0 Å². The first-order valence-electron chi connectivity index (χ1n) is 9.11. The molecule has 1 aromatic carbocycles. The molecule has 2 amide bonds. The van der Waals surface area contributed by atoms with Gasteiger partial charge in [0.25, 0.3) is 0 Å². The molecule has 0 atom stereocenters. The highest BCUT2D eigenvalue weighted by atomic mass is 16.5. The summed E-state index contributed by atoms with van der Waals surface area (Å²) in [6, 6.07) is 5.19. The number of ether oxygens (including phenoxy) is 3. The molecule has 1 saturated heterocycles. The summed E-state index contributed by atoms with van der Waals surface area (Å²) in [5.41, 5.74) is 0.625. The van der Waals surface area contributed by atoms with Crippen molar-refractivity contribution in [2.75, 3.05) is 65.5 Å². The minimum absolute atomic E-state index is 0.0258. The number of nitrogens with zero attached hydrogens (tertiary/aromatic N) is 2. The van der Waals surface area contributed by atoms with E-state index in [1.54, 1.807) is 37.3 Å². The maximum absolute atomic E-state index is 12.3. The number of methoxy groups -OCH3 is 2. The number of morpholine rings is 1. The van der Waals surface area contributed by atoms with Gasteiger partial charge in [-0.15, -0.1) is 0 Å². The van der Waals surface area contributed by atoms with Crippen LogP contribution in [0.4, 0.5) is 5.69 Å². The van der Waals surface area contributed by atoms with Gasteiger partial charge in [0.05, 0.1) is 27.4 Å². The first-order chi connectivity index (χ1) is 13.0. The fourth-order valence-electron chi connectivity index (χ4n) is 2.89. The average Bonchev–Trinajstić information content (AvgIpc) is 2.68. The van der Waals surface area contributed by atoms with Crippen LogP contribution in [0.1, 0.15) is 13.3 Å². The van der Waals surface area contributed by atoms with Gasteiger partial charge in [0, 0.05) is 57.8 Å². The van der Waals surface area contributed by atoms with Crippen LogP contribution in [-0.2, 0) is 14.3 Å². The van der Waals surface area contributed by atoms with Crippen molar-refractivity contribution in [2.45, 2.75) is 13.3 Å². The van der Waals surface area contributed by atoms with Crippen LogP contribution in [0.25, 0.3) is 0 Å². The van der Waals surface area contributed by atoms with E-state index in [-0.39, 0.29) is 18.2 Å². The van der Waals surface area contributed by atoms with Crippen molar-refractivity contribution in [3.63, 3.8) is 0 Å². The molecule has 0 spiro atoms. The van der Waals surface area contributed by atoms with E-state index in [2.05, 4.69) is 10.2 Å². The molecule has 0 saturated carbocycles. The van der Waals surface area contributed by atoms with Crippen molar-refractivity contribution in [1.82, 2.24) is 9.80 Å². The summed E-state index contributed by atoms with van der Waals surface area (Å²) in [5.74, 6) is 0.967.